The van der Waals surface area contributed by atoms with Gasteiger partial charge in [-0.3, -0.25) is 4.79 Å². The lowest BCUT2D eigenvalue weighted by molar-refractivity contribution is -0.139. The number of aliphatic hydroxyl groups excluding tert-OH is 1. The van der Waals surface area contributed by atoms with Gasteiger partial charge in [-0.25, -0.2) is 0 Å². The van der Waals surface area contributed by atoms with Crippen molar-refractivity contribution in [2.24, 2.45) is 17.8 Å². The van der Waals surface area contributed by atoms with Gasteiger partial charge in [-0.15, -0.1) is 0 Å². The fourth-order valence-electron chi connectivity index (χ4n) is 1.62. The molecule has 3 heteroatoms. The SMILES string of the molecule is CC[C@H]1[C@H](CO)[C@H]1C(=O)O. The van der Waals surface area contributed by atoms with Crippen molar-refractivity contribution in [2.45, 2.75) is 13.3 Å². The monoisotopic (exact) mass is 144 g/mol. The maximum atomic E-state index is 10.4. The summed E-state index contributed by atoms with van der Waals surface area (Å²) in [5.41, 5.74) is 0. The summed E-state index contributed by atoms with van der Waals surface area (Å²) in [6, 6.07) is 0. The van der Waals surface area contributed by atoms with Crippen LogP contribution in [0.15, 0.2) is 0 Å². The third-order valence-corrected chi connectivity index (χ3v) is 2.30. The molecule has 58 valence electrons. The number of carbonyl (C=O) groups is 1. The molecule has 0 radical (unpaired) electrons. The molecule has 0 unspecified atom stereocenters. The largest absolute Gasteiger partial charge is 0.481 e. The zero-order valence-corrected chi connectivity index (χ0v) is 5.95. The van der Waals surface area contributed by atoms with Crippen molar-refractivity contribution < 1.29 is 15.0 Å². The van der Waals surface area contributed by atoms with Crippen LogP contribution in [-0.4, -0.2) is 22.8 Å². The highest BCUT2D eigenvalue weighted by atomic mass is 16.4. The zero-order chi connectivity index (χ0) is 7.72. The zero-order valence-electron chi connectivity index (χ0n) is 5.95. The number of aliphatic hydroxyl groups is 1. The summed E-state index contributed by atoms with van der Waals surface area (Å²) < 4.78 is 0. The van der Waals surface area contributed by atoms with Crippen LogP contribution in [0.5, 0.6) is 0 Å². The van der Waals surface area contributed by atoms with Crippen LogP contribution in [0.1, 0.15) is 13.3 Å². The fraction of sp³-hybridized carbons (Fsp3) is 0.857. The van der Waals surface area contributed by atoms with Crippen molar-refractivity contribution in [3.63, 3.8) is 0 Å². The van der Waals surface area contributed by atoms with E-state index in [9.17, 15) is 4.79 Å². The lowest BCUT2D eigenvalue weighted by atomic mass is 10.2. The summed E-state index contributed by atoms with van der Waals surface area (Å²) in [4.78, 5) is 10.4. The highest BCUT2D eigenvalue weighted by molar-refractivity contribution is 5.74. The first-order chi connectivity index (χ1) is 4.72. The quantitative estimate of drug-likeness (QED) is 0.600. The fourth-order valence-corrected chi connectivity index (χ4v) is 1.62. The number of carboxylic acid groups (broad SMARTS) is 1. The van der Waals surface area contributed by atoms with Crippen LogP contribution in [0.25, 0.3) is 0 Å². The lowest BCUT2D eigenvalue weighted by Gasteiger charge is -1.84. The summed E-state index contributed by atoms with van der Waals surface area (Å²) >= 11 is 0. The Morgan fingerprint density at radius 3 is 2.20 bits per heavy atom. The van der Waals surface area contributed by atoms with Gasteiger partial charge < -0.3 is 10.2 Å². The van der Waals surface area contributed by atoms with Crippen molar-refractivity contribution in [3.05, 3.63) is 0 Å². The van der Waals surface area contributed by atoms with Crippen molar-refractivity contribution in [3.8, 4) is 0 Å². The van der Waals surface area contributed by atoms with Gasteiger partial charge in [0.15, 0.2) is 0 Å². The van der Waals surface area contributed by atoms with Gasteiger partial charge in [0.25, 0.3) is 0 Å². The van der Waals surface area contributed by atoms with E-state index in [4.69, 9.17) is 10.2 Å². The molecular formula is C7H12O3. The first-order valence-corrected chi connectivity index (χ1v) is 3.56. The normalized spacial score (nSPS) is 37.6. The lowest BCUT2D eigenvalue weighted by Crippen LogP contribution is -2.01. The van der Waals surface area contributed by atoms with Gasteiger partial charge in [0.1, 0.15) is 0 Å². The molecule has 0 aliphatic heterocycles. The Balaban J connectivity index is 2.44. The van der Waals surface area contributed by atoms with Gasteiger partial charge in [-0.1, -0.05) is 13.3 Å². The highest BCUT2D eigenvalue weighted by Crippen LogP contribution is 2.48. The van der Waals surface area contributed by atoms with Crippen LogP contribution in [-0.2, 0) is 4.79 Å². The molecule has 3 nitrogen and oxygen atoms in total. The molecular weight excluding hydrogens is 132 g/mol. The maximum Gasteiger partial charge on any atom is 0.307 e. The van der Waals surface area contributed by atoms with E-state index >= 15 is 0 Å². The summed E-state index contributed by atoms with van der Waals surface area (Å²) in [7, 11) is 0. The molecule has 1 aliphatic carbocycles. The molecule has 1 saturated carbocycles. The summed E-state index contributed by atoms with van der Waals surface area (Å²) in [5.74, 6) is -0.772. The molecule has 2 N–H and O–H groups in total. The molecule has 0 bridgehead atoms. The van der Waals surface area contributed by atoms with Crippen molar-refractivity contribution in [1.29, 1.82) is 0 Å². The topological polar surface area (TPSA) is 57.5 Å². The van der Waals surface area contributed by atoms with Crippen LogP contribution < -0.4 is 0 Å². The Morgan fingerprint density at radius 2 is 2.10 bits per heavy atom. The van der Waals surface area contributed by atoms with Crippen LogP contribution >= 0.6 is 0 Å². The average Bonchev–Trinajstić information content (AvgIpc) is 2.60. The maximum absolute atomic E-state index is 10.4. The number of hydrogen-bond donors (Lipinski definition) is 2. The molecule has 10 heavy (non-hydrogen) atoms. The second-order valence-electron chi connectivity index (χ2n) is 2.78. The van der Waals surface area contributed by atoms with Gasteiger partial charge in [-0.05, 0) is 11.8 Å². The van der Waals surface area contributed by atoms with E-state index in [0.717, 1.165) is 6.42 Å². The van der Waals surface area contributed by atoms with E-state index in [-0.39, 0.29) is 24.4 Å². The van der Waals surface area contributed by atoms with E-state index in [0.29, 0.717) is 0 Å². The third-order valence-electron chi connectivity index (χ3n) is 2.30. The van der Waals surface area contributed by atoms with Crippen LogP contribution in [0.3, 0.4) is 0 Å². The molecule has 0 aromatic heterocycles. The Hall–Kier alpha value is -0.570. The van der Waals surface area contributed by atoms with Gasteiger partial charge in [0, 0.05) is 6.61 Å². The number of hydrogen-bond acceptors (Lipinski definition) is 2. The van der Waals surface area contributed by atoms with Gasteiger partial charge in [0.2, 0.25) is 0 Å². The smallest absolute Gasteiger partial charge is 0.307 e. The molecule has 0 aromatic carbocycles. The molecule has 1 rings (SSSR count). The minimum Gasteiger partial charge on any atom is -0.481 e. The van der Waals surface area contributed by atoms with Crippen LogP contribution in [0.4, 0.5) is 0 Å². The number of rotatable bonds is 3. The Morgan fingerprint density at radius 1 is 1.50 bits per heavy atom. The first kappa shape index (κ1) is 7.54. The van der Waals surface area contributed by atoms with Crippen molar-refractivity contribution in [1.82, 2.24) is 0 Å². The molecule has 0 amide bonds. The van der Waals surface area contributed by atoms with E-state index in [1.807, 2.05) is 6.92 Å². The minimum absolute atomic E-state index is 0.0233. The molecule has 0 aromatic rings. The molecule has 0 saturated heterocycles. The van der Waals surface area contributed by atoms with Gasteiger partial charge >= 0.3 is 5.97 Å². The summed E-state index contributed by atoms with van der Waals surface area (Å²) in [5, 5.41) is 17.2. The summed E-state index contributed by atoms with van der Waals surface area (Å²) in [6.45, 7) is 1.98. The standard InChI is InChI=1S/C7H12O3/c1-2-4-5(3-8)6(4)7(9)10/h4-6,8H,2-3H2,1H3,(H,9,10)/t4-,5-,6-/m0/s1. The van der Waals surface area contributed by atoms with E-state index in [1.165, 1.54) is 0 Å². The third kappa shape index (κ3) is 1.01. The first-order valence-electron chi connectivity index (χ1n) is 3.56. The summed E-state index contributed by atoms with van der Waals surface area (Å²) in [6.07, 6.45) is 0.863. The van der Waals surface area contributed by atoms with Crippen molar-refractivity contribution in [2.75, 3.05) is 6.61 Å². The van der Waals surface area contributed by atoms with Crippen LogP contribution in [0, 0.1) is 17.8 Å². The minimum atomic E-state index is -0.758. The Labute approximate surface area is 59.7 Å². The number of carboxylic acids is 1. The molecule has 0 spiro atoms. The predicted molar refractivity (Wildman–Crippen MR) is 35.5 cm³/mol. The number of aliphatic carboxylic acids is 1. The predicted octanol–water partition coefficient (Wildman–Crippen LogP) is 0.336. The average molecular weight is 144 g/mol. The van der Waals surface area contributed by atoms with Crippen LogP contribution in [0.2, 0.25) is 0 Å². The Kier molecular flexibility index (Phi) is 1.94. The second-order valence-corrected chi connectivity index (χ2v) is 2.78. The molecule has 3 atom stereocenters. The molecule has 1 aliphatic rings. The highest BCUT2D eigenvalue weighted by Gasteiger charge is 2.53. The van der Waals surface area contributed by atoms with Crippen molar-refractivity contribution >= 4 is 5.97 Å². The van der Waals surface area contributed by atoms with E-state index < -0.39 is 5.97 Å². The van der Waals surface area contributed by atoms with Gasteiger partial charge in [0.05, 0.1) is 5.92 Å². The Bertz CT molecular complexity index is 134. The second kappa shape index (κ2) is 2.58. The van der Waals surface area contributed by atoms with E-state index in [1.54, 1.807) is 0 Å². The van der Waals surface area contributed by atoms with E-state index in [2.05, 4.69) is 0 Å². The molecule has 1 fully saturated rings. The van der Waals surface area contributed by atoms with Gasteiger partial charge in [-0.2, -0.15) is 0 Å². The molecule has 0 heterocycles.